The Labute approximate surface area is 173 Å². The van der Waals surface area contributed by atoms with Gasteiger partial charge in [0.25, 0.3) is 5.91 Å². The number of nitrogens with one attached hydrogen (secondary N) is 2. The summed E-state index contributed by atoms with van der Waals surface area (Å²) in [5.41, 5.74) is 2.23. The van der Waals surface area contributed by atoms with E-state index in [0.717, 1.165) is 6.42 Å². The normalized spacial score (nSPS) is 17.6. The number of nitrogens with zero attached hydrogens (tertiary/aromatic N) is 2. The van der Waals surface area contributed by atoms with Crippen molar-refractivity contribution in [2.24, 2.45) is 0 Å². The van der Waals surface area contributed by atoms with Crippen LogP contribution in [0.4, 0.5) is 25.8 Å². The van der Waals surface area contributed by atoms with Crippen molar-refractivity contribution < 1.29 is 18.4 Å². The maximum Gasteiger partial charge on any atom is 0.257 e. The van der Waals surface area contributed by atoms with E-state index in [1.165, 1.54) is 30.5 Å². The molecule has 8 heteroatoms. The molecule has 1 fully saturated rings. The van der Waals surface area contributed by atoms with Crippen LogP contribution in [0, 0.1) is 11.6 Å². The van der Waals surface area contributed by atoms with E-state index in [0.29, 0.717) is 48.8 Å². The van der Waals surface area contributed by atoms with Gasteiger partial charge in [0.15, 0.2) is 0 Å². The van der Waals surface area contributed by atoms with Crippen LogP contribution >= 0.6 is 0 Å². The molecule has 0 radical (unpaired) electrons. The Morgan fingerprint density at radius 3 is 2.70 bits per heavy atom. The summed E-state index contributed by atoms with van der Waals surface area (Å²) in [5, 5.41) is 5.60. The monoisotopic (exact) mass is 412 g/mol. The highest BCUT2D eigenvalue weighted by Crippen LogP contribution is 2.32. The Morgan fingerprint density at radius 2 is 1.93 bits per heavy atom. The third-order valence-electron chi connectivity index (χ3n) is 5.38. The van der Waals surface area contributed by atoms with Gasteiger partial charge in [0, 0.05) is 56.2 Å². The number of halogens is 2. The van der Waals surface area contributed by atoms with E-state index < -0.39 is 11.6 Å². The fourth-order valence-corrected chi connectivity index (χ4v) is 3.79. The van der Waals surface area contributed by atoms with Crippen LogP contribution in [0.15, 0.2) is 42.6 Å². The second kappa shape index (κ2) is 8.14. The number of hydrogen-bond donors (Lipinski definition) is 2. The minimum atomic E-state index is -0.438. The maximum absolute atomic E-state index is 14.8. The molecule has 0 atom stereocenters. The highest BCUT2D eigenvalue weighted by molar-refractivity contribution is 6.31. The minimum absolute atomic E-state index is 0.0299. The number of anilines is 3. The fraction of sp³-hybridized carbons (Fsp3) is 0.273. The summed E-state index contributed by atoms with van der Waals surface area (Å²) in [6.45, 7) is 4.01. The molecule has 6 nitrogen and oxygen atoms in total. The summed E-state index contributed by atoms with van der Waals surface area (Å²) in [5.74, 6) is -1.15. The lowest BCUT2D eigenvalue weighted by molar-refractivity contribution is -0.128. The second-order valence-corrected chi connectivity index (χ2v) is 7.36. The Kier molecular flexibility index (Phi) is 5.39. The Bertz CT molecular complexity index is 1040. The Hall–Kier alpha value is -3.42. The van der Waals surface area contributed by atoms with E-state index in [1.54, 1.807) is 24.0 Å². The molecule has 2 aliphatic heterocycles. The third-order valence-corrected chi connectivity index (χ3v) is 5.38. The first kappa shape index (κ1) is 19.9. The lowest BCUT2D eigenvalue weighted by Crippen LogP contribution is -2.33. The van der Waals surface area contributed by atoms with Crippen molar-refractivity contribution in [3.63, 3.8) is 0 Å². The van der Waals surface area contributed by atoms with E-state index in [-0.39, 0.29) is 17.4 Å². The number of hydrogen-bond acceptors (Lipinski definition) is 4. The first-order valence-electron chi connectivity index (χ1n) is 9.80. The molecule has 0 aliphatic carbocycles. The molecule has 4 rings (SSSR count). The van der Waals surface area contributed by atoms with Crippen LogP contribution in [0.3, 0.4) is 0 Å². The van der Waals surface area contributed by atoms with E-state index in [2.05, 4.69) is 10.6 Å². The summed E-state index contributed by atoms with van der Waals surface area (Å²) in [6.07, 6.45) is 2.22. The lowest BCUT2D eigenvalue weighted by Gasteiger charge is -2.24. The van der Waals surface area contributed by atoms with Crippen LogP contribution in [0.5, 0.6) is 0 Å². The van der Waals surface area contributed by atoms with Gasteiger partial charge in [-0.1, -0.05) is 0 Å². The van der Waals surface area contributed by atoms with Gasteiger partial charge >= 0.3 is 0 Å². The molecular weight excluding hydrogens is 390 g/mol. The molecule has 1 saturated heterocycles. The van der Waals surface area contributed by atoms with Gasteiger partial charge < -0.3 is 20.4 Å². The first-order chi connectivity index (χ1) is 14.4. The number of carbonyl (C=O) groups excluding carboxylic acids is 2. The third kappa shape index (κ3) is 3.98. The van der Waals surface area contributed by atoms with Gasteiger partial charge in [0.2, 0.25) is 5.91 Å². The van der Waals surface area contributed by atoms with Crippen LogP contribution in [-0.2, 0) is 9.59 Å². The quantitative estimate of drug-likeness (QED) is 0.759. The van der Waals surface area contributed by atoms with Crippen LogP contribution in [0.2, 0.25) is 0 Å². The van der Waals surface area contributed by atoms with Crippen LogP contribution in [-0.4, -0.2) is 42.9 Å². The van der Waals surface area contributed by atoms with Crippen molar-refractivity contribution in [1.82, 2.24) is 4.90 Å². The van der Waals surface area contributed by atoms with Gasteiger partial charge in [0.05, 0.1) is 11.3 Å². The van der Waals surface area contributed by atoms with Gasteiger partial charge in [-0.05, 0) is 42.8 Å². The topological polar surface area (TPSA) is 64.7 Å². The maximum atomic E-state index is 14.8. The molecule has 30 heavy (non-hydrogen) atoms. The highest BCUT2D eigenvalue weighted by atomic mass is 19.1. The van der Waals surface area contributed by atoms with Crippen molar-refractivity contribution in [2.45, 2.75) is 13.3 Å². The molecule has 2 aromatic rings. The average Bonchev–Trinajstić information content (AvgIpc) is 2.87. The summed E-state index contributed by atoms with van der Waals surface area (Å²) < 4.78 is 28.3. The van der Waals surface area contributed by atoms with Gasteiger partial charge in [0.1, 0.15) is 11.6 Å². The molecule has 2 amide bonds. The summed E-state index contributed by atoms with van der Waals surface area (Å²) in [4.78, 5) is 27.4. The highest BCUT2D eigenvalue weighted by Gasteiger charge is 2.24. The van der Waals surface area contributed by atoms with E-state index in [1.807, 2.05) is 4.90 Å². The van der Waals surface area contributed by atoms with Gasteiger partial charge in [-0.15, -0.1) is 0 Å². The largest absolute Gasteiger partial charge is 0.367 e. The average molecular weight is 412 g/mol. The zero-order valence-electron chi connectivity index (χ0n) is 16.5. The Morgan fingerprint density at radius 1 is 1.10 bits per heavy atom. The molecule has 0 bridgehead atoms. The summed E-state index contributed by atoms with van der Waals surface area (Å²) in [6, 6.07) is 8.84. The second-order valence-electron chi connectivity index (χ2n) is 7.36. The van der Waals surface area contributed by atoms with Crippen molar-refractivity contribution in [3.8, 4) is 0 Å². The van der Waals surface area contributed by atoms with Crippen molar-refractivity contribution in [2.75, 3.05) is 41.7 Å². The molecule has 2 N–H and O–H groups in total. The number of amides is 2. The van der Waals surface area contributed by atoms with Crippen molar-refractivity contribution >= 4 is 34.4 Å². The molecule has 0 aromatic heterocycles. The zero-order valence-corrected chi connectivity index (χ0v) is 16.5. The standard InChI is InChI=1S/C22H22F2N4O2/c1-14(29)27-7-2-8-28(10-9-27)21-6-4-16(12-19(21)24)25-13-18-17-11-15(23)3-5-20(17)26-22(18)30/h3-6,11-13,25H,2,7-10H2,1H3,(H,26,30). The van der Waals surface area contributed by atoms with Crippen LogP contribution in [0.1, 0.15) is 18.9 Å². The van der Waals surface area contributed by atoms with E-state index in [4.69, 9.17) is 0 Å². The van der Waals surface area contributed by atoms with Gasteiger partial charge in [-0.3, -0.25) is 9.59 Å². The minimum Gasteiger partial charge on any atom is -0.367 e. The fourth-order valence-electron chi connectivity index (χ4n) is 3.79. The zero-order chi connectivity index (χ0) is 21.3. The van der Waals surface area contributed by atoms with Crippen molar-refractivity contribution in [3.05, 3.63) is 59.8 Å². The first-order valence-corrected chi connectivity index (χ1v) is 9.80. The van der Waals surface area contributed by atoms with Gasteiger partial charge in [-0.25, -0.2) is 8.78 Å². The molecule has 0 unspecified atom stereocenters. The molecule has 0 saturated carbocycles. The number of fused-ring (bicyclic) bond motifs is 1. The number of benzene rings is 2. The van der Waals surface area contributed by atoms with Gasteiger partial charge in [-0.2, -0.15) is 0 Å². The predicted molar refractivity (Wildman–Crippen MR) is 112 cm³/mol. The van der Waals surface area contributed by atoms with E-state index in [9.17, 15) is 18.4 Å². The molecule has 156 valence electrons. The van der Waals surface area contributed by atoms with E-state index >= 15 is 0 Å². The SMILES string of the molecule is CC(=O)N1CCCN(c2ccc(NC=C3C(=O)Nc4ccc(F)cc43)cc2F)CC1. The molecule has 2 aromatic carbocycles. The molecule has 0 spiro atoms. The molecule has 2 heterocycles. The lowest BCUT2D eigenvalue weighted by atomic mass is 10.1. The van der Waals surface area contributed by atoms with Crippen molar-refractivity contribution in [1.29, 1.82) is 0 Å². The molecule has 2 aliphatic rings. The number of rotatable bonds is 3. The van der Waals surface area contributed by atoms with Crippen LogP contribution < -0.4 is 15.5 Å². The molecular formula is C22H22F2N4O2. The summed E-state index contributed by atoms with van der Waals surface area (Å²) in [7, 11) is 0. The smallest absolute Gasteiger partial charge is 0.257 e. The Balaban J connectivity index is 1.49. The number of carbonyl (C=O) groups is 2. The predicted octanol–water partition coefficient (Wildman–Crippen LogP) is 3.43. The summed E-state index contributed by atoms with van der Waals surface area (Å²) >= 11 is 0. The van der Waals surface area contributed by atoms with Crippen LogP contribution in [0.25, 0.3) is 5.57 Å².